The van der Waals surface area contributed by atoms with Crippen LogP contribution in [0.15, 0.2) is 0 Å². The van der Waals surface area contributed by atoms with Crippen molar-refractivity contribution < 1.29 is 4.79 Å². The molecule has 1 amide bonds. The van der Waals surface area contributed by atoms with Crippen molar-refractivity contribution in [1.82, 2.24) is 15.1 Å². The van der Waals surface area contributed by atoms with Crippen LogP contribution in [0.25, 0.3) is 0 Å². The highest BCUT2D eigenvalue weighted by Crippen LogP contribution is 2.07. The van der Waals surface area contributed by atoms with Gasteiger partial charge in [-0.3, -0.25) is 4.79 Å². The lowest BCUT2D eigenvalue weighted by atomic mass is 10.0. The van der Waals surface area contributed by atoms with Crippen LogP contribution in [0.4, 0.5) is 0 Å². The number of amides is 1. The molecule has 0 heterocycles. The maximum absolute atomic E-state index is 11.8. The van der Waals surface area contributed by atoms with Crippen LogP contribution in [0.2, 0.25) is 0 Å². The third kappa shape index (κ3) is 7.34. The smallest absolute Gasteiger partial charge is 0.238 e. The first-order valence-corrected chi connectivity index (χ1v) is 6.36. The van der Waals surface area contributed by atoms with Crippen LogP contribution in [0.5, 0.6) is 0 Å². The lowest BCUT2D eigenvalue weighted by Gasteiger charge is -2.28. The van der Waals surface area contributed by atoms with Gasteiger partial charge in [0.05, 0.1) is 6.04 Å². The van der Waals surface area contributed by atoms with Crippen molar-refractivity contribution in [3.63, 3.8) is 0 Å². The summed E-state index contributed by atoms with van der Waals surface area (Å²) in [5.41, 5.74) is 0. The van der Waals surface area contributed by atoms with E-state index in [-0.39, 0.29) is 11.9 Å². The maximum atomic E-state index is 11.8. The zero-order chi connectivity index (χ0) is 13.6. The Bertz CT molecular complexity index is 217. The van der Waals surface area contributed by atoms with Crippen LogP contribution in [-0.2, 0) is 4.79 Å². The van der Waals surface area contributed by atoms with Gasteiger partial charge in [0.1, 0.15) is 0 Å². The van der Waals surface area contributed by atoms with Crippen LogP contribution < -0.4 is 5.32 Å². The summed E-state index contributed by atoms with van der Waals surface area (Å²) >= 11 is 0. The number of carbonyl (C=O) groups excluding carboxylic acids is 1. The number of carbonyl (C=O) groups is 1. The molecule has 0 aliphatic heterocycles. The van der Waals surface area contributed by atoms with Gasteiger partial charge in [0, 0.05) is 26.7 Å². The van der Waals surface area contributed by atoms with Crippen LogP contribution in [0.1, 0.15) is 27.2 Å². The van der Waals surface area contributed by atoms with Gasteiger partial charge in [-0.15, -0.1) is 0 Å². The van der Waals surface area contributed by atoms with E-state index >= 15 is 0 Å². The fraction of sp³-hybridized carbons (Fsp3) is 0.923. The average Bonchev–Trinajstić information content (AvgIpc) is 2.13. The molecular formula is C13H29N3O. The molecule has 0 fully saturated rings. The van der Waals surface area contributed by atoms with Crippen LogP contribution >= 0.6 is 0 Å². The molecule has 4 heteroatoms. The number of nitrogens with zero attached hydrogens (tertiary/aromatic N) is 2. The molecule has 0 aliphatic rings. The standard InChI is InChI=1S/C13H29N3O/c1-10(2)8-12(9-15(4)5)14-11(3)13(17)16(6)7/h10-12,14H,8-9H2,1-7H3. The van der Waals surface area contributed by atoms with Gasteiger partial charge < -0.3 is 15.1 Å². The molecule has 0 aromatic carbocycles. The average molecular weight is 243 g/mol. The Kier molecular flexibility index (Phi) is 7.39. The first-order valence-electron chi connectivity index (χ1n) is 6.36. The molecule has 0 aromatic heterocycles. The van der Waals surface area contributed by atoms with Crippen molar-refractivity contribution in [3.8, 4) is 0 Å². The highest BCUT2D eigenvalue weighted by Gasteiger charge is 2.20. The fourth-order valence-electron chi connectivity index (χ4n) is 2.02. The molecule has 102 valence electrons. The first kappa shape index (κ1) is 16.4. The van der Waals surface area contributed by atoms with Gasteiger partial charge in [-0.25, -0.2) is 0 Å². The minimum Gasteiger partial charge on any atom is -0.347 e. The van der Waals surface area contributed by atoms with Gasteiger partial charge >= 0.3 is 0 Å². The summed E-state index contributed by atoms with van der Waals surface area (Å²) in [6.45, 7) is 7.32. The predicted molar refractivity (Wildman–Crippen MR) is 73.1 cm³/mol. The van der Waals surface area contributed by atoms with E-state index in [1.54, 1.807) is 19.0 Å². The Labute approximate surface area is 106 Å². The van der Waals surface area contributed by atoms with Crippen LogP contribution in [0, 0.1) is 5.92 Å². The van der Waals surface area contributed by atoms with E-state index in [0.29, 0.717) is 12.0 Å². The summed E-state index contributed by atoms with van der Waals surface area (Å²) in [5, 5.41) is 3.43. The van der Waals surface area contributed by atoms with E-state index in [1.165, 1.54) is 0 Å². The highest BCUT2D eigenvalue weighted by molar-refractivity contribution is 5.80. The molecule has 1 N–H and O–H groups in total. The van der Waals surface area contributed by atoms with Crippen molar-refractivity contribution in [2.45, 2.75) is 39.3 Å². The molecule has 0 spiro atoms. The molecule has 0 saturated heterocycles. The maximum Gasteiger partial charge on any atom is 0.238 e. The predicted octanol–water partition coefficient (Wildman–Crippen LogP) is 1.03. The lowest BCUT2D eigenvalue weighted by Crippen LogP contribution is -2.49. The second-order valence-electron chi connectivity index (χ2n) is 5.71. The van der Waals surface area contributed by atoms with Crippen molar-refractivity contribution >= 4 is 5.91 Å². The van der Waals surface area contributed by atoms with E-state index in [0.717, 1.165) is 13.0 Å². The fourth-order valence-corrected chi connectivity index (χ4v) is 2.02. The molecule has 2 atom stereocenters. The zero-order valence-corrected chi connectivity index (χ0v) is 12.4. The third-order valence-corrected chi connectivity index (χ3v) is 2.64. The Morgan fingerprint density at radius 3 is 2.00 bits per heavy atom. The van der Waals surface area contributed by atoms with E-state index in [4.69, 9.17) is 0 Å². The van der Waals surface area contributed by atoms with E-state index < -0.39 is 0 Å². The number of likely N-dealkylation sites (N-methyl/N-ethyl adjacent to an activating group) is 2. The minimum atomic E-state index is -0.117. The van der Waals surface area contributed by atoms with Gasteiger partial charge in [-0.2, -0.15) is 0 Å². The Hall–Kier alpha value is -0.610. The Morgan fingerprint density at radius 1 is 1.12 bits per heavy atom. The first-order chi connectivity index (χ1) is 7.73. The summed E-state index contributed by atoms with van der Waals surface area (Å²) < 4.78 is 0. The van der Waals surface area contributed by atoms with Gasteiger partial charge in [0.25, 0.3) is 0 Å². The van der Waals surface area contributed by atoms with Gasteiger partial charge in [0.15, 0.2) is 0 Å². The SMILES string of the molecule is CC(C)CC(CN(C)C)NC(C)C(=O)N(C)C. The largest absolute Gasteiger partial charge is 0.347 e. The summed E-state index contributed by atoms with van der Waals surface area (Å²) in [6.07, 6.45) is 1.09. The minimum absolute atomic E-state index is 0.117. The lowest BCUT2D eigenvalue weighted by molar-refractivity contribution is -0.130. The van der Waals surface area contributed by atoms with Crippen molar-refractivity contribution in [3.05, 3.63) is 0 Å². The van der Waals surface area contributed by atoms with E-state index in [9.17, 15) is 4.79 Å². The zero-order valence-electron chi connectivity index (χ0n) is 12.4. The second-order valence-corrected chi connectivity index (χ2v) is 5.71. The third-order valence-electron chi connectivity index (χ3n) is 2.64. The van der Waals surface area contributed by atoms with E-state index in [1.807, 2.05) is 6.92 Å². The molecular weight excluding hydrogens is 214 g/mol. The van der Waals surface area contributed by atoms with Gasteiger partial charge in [-0.05, 0) is 33.4 Å². The van der Waals surface area contributed by atoms with E-state index in [2.05, 4.69) is 38.2 Å². The quantitative estimate of drug-likeness (QED) is 0.725. The van der Waals surface area contributed by atoms with Crippen LogP contribution in [0.3, 0.4) is 0 Å². The molecule has 0 saturated carbocycles. The molecule has 0 radical (unpaired) electrons. The topological polar surface area (TPSA) is 35.6 Å². The summed E-state index contributed by atoms with van der Waals surface area (Å²) in [7, 11) is 7.72. The highest BCUT2D eigenvalue weighted by atomic mass is 16.2. The summed E-state index contributed by atoms with van der Waals surface area (Å²) in [6, 6.07) is 0.248. The molecule has 0 aromatic rings. The van der Waals surface area contributed by atoms with Crippen molar-refractivity contribution in [1.29, 1.82) is 0 Å². The number of nitrogens with one attached hydrogen (secondary N) is 1. The summed E-state index contributed by atoms with van der Waals surface area (Å²) in [4.78, 5) is 15.6. The van der Waals surface area contributed by atoms with Crippen LogP contribution in [-0.4, -0.2) is 62.5 Å². The van der Waals surface area contributed by atoms with Gasteiger partial charge in [-0.1, -0.05) is 13.8 Å². The number of rotatable bonds is 7. The molecule has 0 bridgehead atoms. The van der Waals surface area contributed by atoms with Gasteiger partial charge in [0.2, 0.25) is 5.91 Å². The van der Waals surface area contributed by atoms with Crippen molar-refractivity contribution in [2.24, 2.45) is 5.92 Å². The molecule has 4 nitrogen and oxygen atoms in total. The molecule has 0 aliphatic carbocycles. The number of hydrogen-bond acceptors (Lipinski definition) is 3. The molecule has 0 rings (SSSR count). The molecule has 2 unspecified atom stereocenters. The second kappa shape index (κ2) is 7.67. The monoisotopic (exact) mass is 243 g/mol. The molecule has 17 heavy (non-hydrogen) atoms. The Balaban J connectivity index is 4.36. The summed E-state index contributed by atoms with van der Waals surface area (Å²) in [5.74, 6) is 0.770. The normalized spacial score (nSPS) is 15.1. The van der Waals surface area contributed by atoms with Crippen molar-refractivity contribution in [2.75, 3.05) is 34.7 Å². The Morgan fingerprint density at radius 2 is 1.65 bits per heavy atom. The number of hydrogen-bond donors (Lipinski definition) is 1.